The Kier molecular flexibility index (Phi) is 6.37. The summed E-state index contributed by atoms with van der Waals surface area (Å²) in [4.78, 5) is 16.3. The molecule has 3 atom stereocenters. The Morgan fingerprint density at radius 1 is 1.21 bits per heavy atom. The number of urea groups is 1. The first-order valence-corrected chi connectivity index (χ1v) is 8.15. The molecule has 0 saturated carbocycles. The minimum atomic E-state index is -0.739. The lowest BCUT2D eigenvalue weighted by Crippen LogP contribution is -2.44. The number of aliphatic hydroxyl groups is 1. The van der Waals surface area contributed by atoms with Gasteiger partial charge in [-0.25, -0.2) is 4.79 Å². The summed E-state index contributed by atoms with van der Waals surface area (Å²) in [6.45, 7) is 5.95. The van der Waals surface area contributed by atoms with E-state index in [2.05, 4.69) is 29.5 Å². The molecule has 3 N–H and O–H groups in total. The van der Waals surface area contributed by atoms with Gasteiger partial charge in [0.05, 0.1) is 12.3 Å². The van der Waals surface area contributed by atoms with Crippen LogP contribution in [0.15, 0.2) is 47.3 Å². The molecule has 2 amide bonds. The maximum Gasteiger partial charge on any atom is 0.315 e. The largest absolute Gasteiger partial charge is 0.467 e. The highest BCUT2D eigenvalue weighted by Gasteiger charge is 2.20. The van der Waals surface area contributed by atoms with Crippen LogP contribution >= 0.6 is 0 Å². The van der Waals surface area contributed by atoms with E-state index < -0.39 is 6.10 Å². The van der Waals surface area contributed by atoms with Crippen molar-refractivity contribution in [1.82, 2.24) is 15.6 Å². The summed E-state index contributed by atoms with van der Waals surface area (Å²) in [6, 6.07) is 6.68. The van der Waals surface area contributed by atoms with Crippen LogP contribution in [-0.4, -0.2) is 22.2 Å². The minimum absolute atomic E-state index is 0.102. The molecule has 2 heterocycles. The molecule has 24 heavy (non-hydrogen) atoms. The monoisotopic (exact) mass is 331 g/mol. The number of amides is 2. The van der Waals surface area contributed by atoms with E-state index in [1.54, 1.807) is 24.5 Å². The lowest BCUT2D eigenvalue weighted by Gasteiger charge is -2.24. The summed E-state index contributed by atoms with van der Waals surface area (Å²) in [5, 5.41) is 15.9. The van der Waals surface area contributed by atoms with Crippen molar-refractivity contribution >= 4 is 6.03 Å². The van der Waals surface area contributed by atoms with Gasteiger partial charge in [0.1, 0.15) is 11.9 Å². The second-order valence-electron chi connectivity index (χ2n) is 6.29. The van der Waals surface area contributed by atoms with Crippen LogP contribution in [0.4, 0.5) is 4.79 Å². The molecule has 0 radical (unpaired) electrons. The smallest absolute Gasteiger partial charge is 0.315 e. The maximum atomic E-state index is 12.3. The van der Waals surface area contributed by atoms with E-state index in [1.165, 1.54) is 6.26 Å². The summed E-state index contributed by atoms with van der Waals surface area (Å²) in [7, 11) is 0. The molecule has 6 heteroatoms. The highest BCUT2D eigenvalue weighted by molar-refractivity contribution is 5.74. The number of carbonyl (C=O) groups is 1. The molecular weight excluding hydrogens is 306 g/mol. The van der Waals surface area contributed by atoms with E-state index in [4.69, 9.17) is 4.42 Å². The molecule has 0 spiro atoms. The van der Waals surface area contributed by atoms with Crippen molar-refractivity contribution in [2.24, 2.45) is 5.92 Å². The van der Waals surface area contributed by atoms with Crippen molar-refractivity contribution < 1.29 is 14.3 Å². The number of hydrogen-bond donors (Lipinski definition) is 3. The summed E-state index contributed by atoms with van der Waals surface area (Å²) in [6.07, 6.45) is 4.59. The second kappa shape index (κ2) is 8.49. The molecule has 0 aliphatic heterocycles. The third-order valence-corrected chi connectivity index (χ3v) is 3.84. The molecule has 0 aliphatic carbocycles. The van der Waals surface area contributed by atoms with Crippen LogP contribution in [0.5, 0.6) is 0 Å². The van der Waals surface area contributed by atoms with Crippen molar-refractivity contribution in [3.05, 3.63) is 54.2 Å². The first kappa shape index (κ1) is 18.0. The number of aromatic nitrogens is 1. The Hall–Kier alpha value is -2.34. The van der Waals surface area contributed by atoms with Crippen LogP contribution in [0.3, 0.4) is 0 Å². The fraction of sp³-hybridized carbons (Fsp3) is 0.444. The molecular formula is C18H25N3O3. The van der Waals surface area contributed by atoms with Crippen molar-refractivity contribution in [1.29, 1.82) is 0 Å². The summed E-state index contributed by atoms with van der Waals surface area (Å²) in [5.74, 6) is 0.739. The average molecular weight is 331 g/mol. The van der Waals surface area contributed by atoms with Gasteiger partial charge in [-0.2, -0.15) is 0 Å². The van der Waals surface area contributed by atoms with Crippen LogP contribution in [0.2, 0.25) is 0 Å². The van der Waals surface area contributed by atoms with E-state index in [1.807, 2.05) is 19.1 Å². The predicted octanol–water partition coefficient (Wildman–Crippen LogP) is 3.18. The third kappa shape index (κ3) is 5.09. The zero-order chi connectivity index (χ0) is 17.5. The lowest BCUT2D eigenvalue weighted by molar-refractivity contribution is 0.129. The fourth-order valence-electron chi connectivity index (χ4n) is 2.60. The number of rotatable bonds is 7. The van der Waals surface area contributed by atoms with Crippen molar-refractivity contribution in [3.8, 4) is 0 Å². The summed E-state index contributed by atoms with van der Waals surface area (Å²) in [5.41, 5.74) is 1.01. The quantitative estimate of drug-likeness (QED) is 0.727. The molecule has 2 aromatic heterocycles. The zero-order valence-corrected chi connectivity index (χ0v) is 14.3. The molecule has 0 aliphatic rings. The Balaban J connectivity index is 1.88. The van der Waals surface area contributed by atoms with Gasteiger partial charge in [0.15, 0.2) is 0 Å². The van der Waals surface area contributed by atoms with Crippen LogP contribution < -0.4 is 10.6 Å². The van der Waals surface area contributed by atoms with Gasteiger partial charge in [0.2, 0.25) is 0 Å². The van der Waals surface area contributed by atoms with Crippen molar-refractivity contribution in [2.45, 2.75) is 45.4 Å². The topological polar surface area (TPSA) is 87.4 Å². The third-order valence-electron chi connectivity index (χ3n) is 3.84. The molecule has 0 aromatic carbocycles. The Morgan fingerprint density at radius 2 is 1.92 bits per heavy atom. The van der Waals surface area contributed by atoms with Gasteiger partial charge in [-0.15, -0.1) is 0 Å². The van der Waals surface area contributed by atoms with Gasteiger partial charge in [0, 0.05) is 24.9 Å². The molecule has 0 bridgehead atoms. The standard InChI is InChI=1S/C18H25N3O3/c1-12(2)17(14-6-8-19-9-7-14)21-18(23)20-13(3)11-15(22)16-5-4-10-24-16/h4-10,12-13,15,17,22H,11H2,1-3H3,(H2,20,21,23)/t13-,15+,17-/m1/s1. The summed E-state index contributed by atoms with van der Waals surface area (Å²) < 4.78 is 5.17. The Labute approximate surface area is 142 Å². The Morgan fingerprint density at radius 3 is 2.50 bits per heavy atom. The van der Waals surface area contributed by atoms with Gasteiger partial charge in [0.25, 0.3) is 0 Å². The number of carbonyl (C=O) groups excluding carboxylic acids is 1. The number of pyridine rings is 1. The Bertz CT molecular complexity index is 614. The van der Waals surface area contributed by atoms with Crippen molar-refractivity contribution in [3.63, 3.8) is 0 Å². The molecule has 2 rings (SSSR count). The number of nitrogens with zero attached hydrogens (tertiary/aromatic N) is 1. The molecule has 6 nitrogen and oxygen atoms in total. The van der Waals surface area contributed by atoms with E-state index in [9.17, 15) is 9.90 Å². The van der Waals surface area contributed by atoms with Crippen molar-refractivity contribution in [2.75, 3.05) is 0 Å². The van der Waals surface area contributed by atoms with Gasteiger partial charge >= 0.3 is 6.03 Å². The molecule has 0 fully saturated rings. The normalized spacial score (nSPS) is 14.9. The van der Waals surface area contributed by atoms with Crippen LogP contribution in [0.1, 0.15) is 50.7 Å². The lowest BCUT2D eigenvalue weighted by atomic mass is 9.97. The van der Waals surface area contributed by atoms with Crippen LogP contribution in [0, 0.1) is 5.92 Å². The SMILES string of the molecule is CC(C)[C@@H](NC(=O)N[C@H](C)C[C@H](O)c1ccco1)c1ccncc1. The molecule has 2 aromatic rings. The maximum absolute atomic E-state index is 12.3. The highest BCUT2D eigenvalue weighted by Crippen LogP contribution is 2.21. The van der Waals surface area contributed by atoms with Crippen LogP contribution in [0.25, 0.3) is 0 Å². The van der Waals surface area contributed by atoms with E-state index in [-0.39, 0.29) is 24.0 Å². The minimum Gasteiger partial charge on any atom is -0.467 e. The van der Waals surface area contributed by atoms with Gasteiger partial charge in [-0.3, -0.25) is 4.98 Å². The van der Waals surface area contributed by atoms with Crippen LogP contribution in [-0.2, 0) is 0 Å². The highest BCUT2D eigenvalue weighted by atomic mass is 16.4. The van der Waals surface area contributed by atoms with Gasteiger partial charge in [-0.1, -0.05) is 13.8 Å². The molecule has 0 unspecified atom stereocenters. The predicted molar refractivity (Wildman–Crippen MR) is 91.2 cm³/mol. The molecule has 0 saturated heterocycles. The van der Waals surface area contributed by atoms with Gasteiger partial charge in [-0.05, 0) is 42.7 Å². The van der Waals surface area contributed by atoms with E-state index in [0.717, 1.165) is 5.56 Å². The first-order valence-electron chi connectivity index (χ1n) is 8.15. The first-order chi connectivity index (χ1) is 11.5. The number of furan rings is 1. The average Bonchev–Trinajstić information content (AvgIpc) is 3.07. The number of nitrogens with one attached hydrogen (secondary N) is 2. The fourth-order valence-corrected chi connectivity index (χ4v) is 2.60. The van der Waals surface area contributed by atoms with Gasteiger partial charge < -0.3 is 20.2 Å². The van der Waals surface area contributed by atoms with E-state index >= 15 is 0 Å². The number of aliphatic hydroxyl groups excluding tert-OH is 1. The zero-order valence-electron chi connectivity index (χ0n) is 14.3. The van der Waals surface area contributed by atoms with E-state index in [0.29, 0.717) is 12.2 Å². The second-order valence-corrected chi connectivity index (χ2v) is 6.29. The number of hydrogen-bond acceptors (Lipinski definition) is 4. The molecule has 130 valence electrons. The summed E-state index contributed by atoms with van der Waals surface area (Å²) >= 11 is 0.